The Bertz CT molecular complexity index is 597. The lowest BCUT2D eigenvalue weighted by Gasteiger charge is -2.18. The van der Waals surface area contributed by atoms with Crippen LogP contribution in [0.4, 0.5) is 5.13 Å². The Hall–Kier alpha value is -2.21. The van der Waals surface area contributed by atoms with Crippen molar-refractivity contribution >= 4 is 16.5 Å². The van der Waals surface area contributed by atoms with Gasteiger partial charge in [0.05, 0.1) is 11.4 Å². The summed E-state index contributed by atoms with van der Waals surface area (Å²) < 4.78 is 10.6. The van der Waals surface area contributed by atoms with Crippen molar-refractivity contribution in [2.45, 2.75) is 12.5 Å². The summed E-state index contributed by atoms with van der Waals surface area (Å²) in [5, 5.41) is 14.8. The minimum absolute atomic E-state index is 0.0218. The van der Waals surface area contributed by atoms with E-state index in [1.54, 1.807) is 11.6 Å². The summed E-state index contributed by atoms with van der Waals surface area (Å²) in [6, 6.07) is 10.0. The number of rotatable bonds is 5. The van der Waals surface area contributed by atoms with Crippen molar-refractivity contribution in [3.05, 3.63) is 53.3 Å². The molecule has 6 heteroatoms. The monoisotopic (exact) mass is 290 g/mol. The molecule has 0 saturated carbocycles. The predicted molar refractivity (Wildman–Crippen MR) is 76.5 cm³/mol. The number of hydrogen-bond donors (Lipinski definition) is 2. The average Bonchev–Trinajstić information content (AvgIpc) is 3.11. The van der Waals surface area contributed by atoms with Gasteiger partial charge in [-0.25, -0.2) is 0 Å². The summed E-state index contributed by atoms with van der Waals surface area (Å²) >= 11 is 1.35. The third-order valence-electron chi connectivity index (χ3n) is 2.91. The maximum Gasteiger partial charge on any atom is 0.229 e. The molecule has 1 aliphatic heterocycles. The Labute approximate surface area is 120 Å². The molecule has 20 heavy (non-hydrogen) atoms. The molecule has 2 aromatic rings. The van der Waals surface area contributed by atoms with Crippen LogP contribution in [0.5, 0.6) is 5.88 Å². The number of benzene rings is 1. The van der Waals surface area contributed by atoms with E-state index in [2.05, 4.69) is 22.4 Å². The summed E-state index contributed by atoms with van der Waals surface area (Å²) in [6.45, 7) is 0.241. The summed E-state index contributed by atoms with van der Waals surface area (Å²) in [5.74, 6) is 0.761. The van der Waals surface area contributed by atoms with E-state index >= 15 is 0 Å². The fraction of sp³-hybridized carbons (Fsp3) is 0.214. The van der Waals surface area contributed by atoms with Crippen molar-refractivity contribution in [1.29, 1.82) is 0 Å². The van der Waals surface area contributed by atoms with Crippen LogP contribution >= 0.6 is 11.3 Å². The average molecular weight is 290 g/mol. The van der Waals surface area contributed by atoms with Gasteiger partial charge < -0.3 is 19.9 Å². The molecular weight excluding hydrogens is 276 g/mol. The fourth-order valence-corrected chi connectivity index (χ4v) is 2.61. The number of anilines is 1. The zero-order chi connectivity index (χ0) is 13.8. The summed E-state index contributed by atoms with van der Waals surface area (Å²) in [4.78, 5) is 4.00. The zero-order valence-electron chi connectivity index (χ0n) is 10.7. The van der Waals surface area contributed by atoms with Gasteiger partial charge in [0.2, 0.25) is 12.7 Å². The van der Waals surface area contributed by atoms with Gasteiger partial charge in [0.25, 0.3) is 0 Å². The SMILES string of the molecule is Oc1csc(NC(Cc2ccccc2)C2=COCO2)n1. The highest BCUT2D eigenvalue weighted by Gasteiger charge is 2.21. The van der Waals surface area contributed by atoms with E-state index in [4.69, 9.17) is 9.47 Å². The lowest BCUT2D eigenvalue weighted by molar-refractivity contribution is 0.0764. The molecule has 2 heterocycles. The molecule has 1 aromatic carbocycles. The lowest BCUT2D eigenvalue weighted by atomic mass is 10.1. The van der Waals surface area contributed by atoms with Gasteiger partial charge in [-0.1, -0.05) is 30.3 Å². The van der Waals surface area contributed by atoms with Crippen molar-refractivity contribution < 1.29 is 14.6 Å². The first-order chi connectivity index (χ1) is 9.81. The molecule has 1 aromatic heterocycles. The third-order valence-corrected chi connectivity index (χ3v) is 3.67. The van der Waals surface area contributed by atoms with Crippen LogP contribution in [0.2, 0.25) is 0 Å². The number of ether oxygens (including phenoxy) is 2. The topological polar surface area (TPSA) is 63.6 Å². The van der Waals surface area contributed by atoms with E-state index in [1.807, 2.05) is 18.2 Å². The molecule has 0 spiro atoms. The van der Waals surface area contributed by atoms with Crippen LogP contribution in [0, 0.1) is 0 Å². The van der Waals surface area contributed by atoms with E-state index < -0.39 is 0 Å². The van der Waals surface area contributed by atoms with E-state index in [9.17, 15) is 5.11 Å². The van der Waals surface area contributed by atoms with Crippen LogP contribution in [0.3, 0.4) is 0 Å². The van der Waals surface area contributed by atoms with Crippen molar-refractivity contribution in [2.24, 2.45) is 0 Å². The van der Waals surface area contributed by atoms with Gasteiger partial charge in [0.1, 0.15) is 6.26 Å². The van der Waals surface area contributed by atoms with E-state index in [0.717, 1.165) is 12.2 Å². The minimum Gasteiger partial charge on any atom is -0.493 e. The van der Waals surface area contributed by atoms with Crippen LogP contribution in [0.15, 0.2) is 47.7 Å². The zero-order valence-corrected chi connectivity index (χ0v) is 11.5. The minimum atomic E-state index is -0.0783. The largest absolute Gasteiger partial charge is 0.493 e. The summed E-state index contributed by atoms with van der Waals surface area (Å²) in [6.07, 6.45) is 2.37. The van der Waals surface area contributed by atoms with E-state index in [0.29, 0.717) is 5.13 Å². The third kappa shape index (κ3) is 3.03. The molecule has 1 atom stereocenters. The second kappa shape index (κ2) is 5.83. The van der Waals surface area contributed by atoms with Crippen LogP contribution in [0.1, 0.15) is 5.56 Å². The molecule has 0 radical (unpaired) electrons. The molecule has 104 valence electrons. The number of nitrogens with zero attached hydrogens (tertiary/aromatic N) is 1. The Kier molecular flexibility index (Phi) is 3.73. The molecule has 0 saturated heterocycles. The fourth-order valence-electron chi connectivity index (χ4n) is 1.99. The normalized spacial score (nSPS) is 15.1. The number of aromatic nitrogens is 1. The molecule has 2 N–H and O–H groups in total. The molecule has 1 unspecified atom stereocenters. The van der Waals surface area contributed by atoms with Crippen LogP contribution in [-0.2, 0) is 15.9 Å². The van der Waals surface area contributed by atoms with Gasteiger partial charge in [0, 0.05) is 0 Å². The molecule has 0 aliphatic carbocycles. The van der Waals surface area contributed by atoms with Gasteiger partial charge in [-0.2, -0.15) is 4.98 Å². The van der Waals surface area contributed by atoms with Gasteiger partial charge in [-0.3, -0.25) is 0 Å². The van der Waals surface area contributed by atoms with Crippen molar-refractivity contribution in [3.63, 3.8) is 0 Å². The Morgan fingerprint density at radius 1 is 1.35 bits per heavy atom. The first kappa shape index (κ1) is 12.8. The number of aromatic hydroxyl groups is 1. The molecule has 0 fully saturated rings. The number of nitrogens with one attached hydrogen (secondary N) is 1. The molecule has 0 bridgehead atoms. The van der Waals surface area contributed by atoms with Crippen LogP contribution in [0.25, 0.3) is 0 Å². The quantitative estimate of drug-likeness (QED) is 0.886. The molecule has 5 nitrogen and oxygen atoms in total. The maximum atomic E-state index is 9.31. The lowest BCUT2D eigenvalue weighted by Crippen LogP contribution is -2.25. The second-order valence-electron chi connectivity index (χ2n) is 4.35. The standard InChI is InChI=1S/C14H14N2O3S/c17-13-8-20-14(16-13)15-11(12-7-18-9-19-12)6-10-4-2-1-3-5-10/h1-5,7-8,11,17H,6,9H2,(H,15,16). The van der Waals surface area contributed by atoms with Crippen LogP contribution < -0.4 is 5.32 Å². The second-order valence-corrected chi connectivity index (χ2v) is 5.20. The van der Waals surface area contributed by atoms with Gasteiger partial charge in [-0.15, -0.1) is 11.3 Å². The van der Waals surface area contributed by atoms with Gasteiger partial charge >= 0.3 is 0 Å². The summed E-state index contributed by atoms with van der Waals surface area (Å²) in [7, 11) is 0. The highest BCUT2D eigenvalue weighted by Crippen LogP contribution is 2.24. The van der Waals surface area contributed by atoms with E-state index in [1.165, 1.54) is 16.9 Å². The number of hydrogen-bond acceptors (Lipinski definition) is 6. The van der Waals surface area contributed by atoms with Crippen LogP contribution in [-0.4, -0.2) is 22.9 Å². The highest BCUT2D eigenvalue weighted by atomic mass is 32.1. The molecular formula is C14H14N2O3S. The first-order valence-corrected chi connectivity index (χ1v) is 7.08. The molecule has 1 aliphatic rings. The number of thiazole rings is 1. The highest BCUT2D eigenvalue weighted by molar-refractivity contribution is 7.13. The summed E-state index contributed by atoms with van der Waals surface area (Å²) in [5.41, 5.74) is 1.18. The van der Waals surface area contributed by atoms with Crippen molar-refractivity contribution in [2.75, 3.05) is 12.1 Å². The van der Waals surface area contributed by atoms with Crippen molar-refractivity contribution in [3.8, 4) is 5.88 Å². The Morgan fingerprint density at radius 2 is 2.20 bits per heavy atom. The predicted octanol–water partition coefficient (Wildman–Crippen LogP) is 2.72. The Morgan fingerprint density at radius 3 is 2.85 bits per heavy atom. The first-order valence-electron chi connectivity index (χ1n) is 6.21. The van der Waals surface area contributed by atoms with Crippen molar-refractivity contribution in [1.82, 2.24) is 4.98 Å². The van der Waals surface area contributed by atoms with E-state index in [-0.39, 0.29) is 18.7 Å². The smallest absolute Gasteiger partial charge is 0.229 e. The Balaban J connectivity index is 1.77. The van der Waals surface area contributed by atoms with Gasteiger partial charge in [-0.05, 0) is 12.0 Å². The van der Waals surface area contributed by atoms with Gasteiger partial charge in [0.15, 0.2) is 10.9 Å². The maximum absolute atomic E-state index is 9.31. The molecule has 0 amide bonds. The molecule has 3 rings (SSSR count).